The number of rotatable bonds is 6. The van der Waals surface area contributed by atoms with Gasteiger partial charge in [-0.15, -0.1) is 0 Å². The van der Waals surface area contributed by atoms with E-state index in [-0.39, 0.29) is 5.57 Å². The number of carbonyl (C=O) groups excluding carboxylic acids is 3. The van der Waals surface area contributed by atoms with Crippen LogP contribution in [0, 0.1) is 10.5 Å². The highest BCUT2D eigenvalue weighted by Crippen LogP contribution is 2.36. The highest BCUT2D eigenvalue weighted by atomic mass is 127. The van der Waals surface area contributed by atoms with Gasteiger partial charge in [0.1, 0.15) is 12.2 Å². The zero-order valence-corrected chi connectivity index (χ0v) is 22.8. The predicted molar refractivity (Wildman–Crippen MR) is 154 cm³/mol. The van der Waals surface area contributed by atoms with Crippen LogP contribution in [0.15, 0.2) is 84.4 Å². The second-order valence-electron chi connectivity index (χ2n) is 8.80. The van der Waals surface area contributed by atoms with E-state index in [9.17, 15) is 14.4 Å². The van der Waals surface area contributed by atoms with Crippen LogP contribution in [0.5, 0.6) is 11.5 Å². The summed E-state index contributed by atoms with van der Waals surface area (Å²) in [5.74, 6) is -0.443. The summed E-state index contributed by atoms with van der Waals surface area (Å²) in [5, 5.41) is 4.54. The van der Waals surface area contributed by atoms with Crippen LogP contribution in [0.4, 0.5) is 10.5 Å². The molecular formula is C30H23IN2O5. The van der Waals surface area contributed by atoms with Crippen LogP contribution >= 0.6 is 22.6 Å². The molecule has 4 aromatic rings. The monoisotopic (exact) mass is 618 g/mol. The number of hydrogen-bond donors (Lipinski definition) is 1. The Morgan fingerprint density at radius 1 is 0.921 bits per heavy atom. The van der Waals surface area contributed by atoms with Crippen molar-refractivity contribution in [3.05, 3.63) is 105 Å². The van der Waals surface area contributed by atoms with Gasteiger partial charge in [-0.1, -0.05) is 54.1 Å². The van der Waals surface area contributed by atoms with Gasteiger partial charge in [-0.2, -0.15) is 0 Å². The van der Waals surface area contributed by atoms with Gasteiger partial charge < -0.3 is 9.47 Å². The molecule has 4 amide bonds. The van der Waals surface area contributed by atoms with Crippen molar-refractivity contribution in [1.29, 1.82) is 0 Å². The Hall–Kier alpha value is -4.18. The molecule has 38 heavy (non-hydrogen) atoms. The molecule has 1 saturated heterocycles. The lowest BCUT2D eigenvalue weighted by Crippen LogP contribution is -2.54. The number of ether oxygens (including phenoxy) is 2. The SMILES string of the molecule is COc1cc(/C=C2\C(=O)NC(=O)N(c3ccc(C)cc3)C2=O)cc(I)c1OCc1ccc2ccccc2c1. The number of methoxy groups -OCH3 is 1. The number of amides is 4. The Bertz CT molecular complexity index is 1610. The number of carbonyl (C=O) groups is 3. The van der Waals surface area contributed by atoms with Crippen molar-refractivity contribution in [2.45, 2.75) is 13.5 Å². The maximum Gasteiger partial charge on any atom is 0.335 e. The number of fused-ring (bicyclic) bond motifs is 1. The first kappa shape index (κ1) is 25.5. The molecule has 0 bridgehead atoms. The normalized spacial score (nSPS) is 14.7. The van der Waals surface area contributed by atoms with E-state index in [2.05, 4.69) is 52.2 Å². The van der Waals surface area contributed by atoms with E-state index in [4.69, 9.17) is 9.47 Å². The molecule has 1 heterocycles. The third kappa shape index (κ3) is 5.12. The van der Waals surface area contributed by atoms with Crippen molar-refractivity contribution in [3.63, 3.8) is 0 Å². The Balaban J connectivity index is 1.42. The fourth-order valence-corrected chi connectivity index (χ4v) is 4.98. The van der Waals surface area contributed by atoms with Gasteiger partial charge in [0.05, 0.1) is 16.4 Å². The van der Waals surface area contributed by atoms with Crippen molar-refractivity contribution in [1.82, 2.24) is 5.32 Å². The second kappa shape index (κ2) is 10.7. The Labute approximate surface area is 233 Å². The summed E-state index contributed by atoms with van der Waals surface area (Å²) in [6.45, 7) is 2.24. The van der Waals surface area contributed by atoms with E-state index < -0.39 is 17.8 Å². The number of nitrogens with one attached hydrogen (secondary N) is 1. The summed E-state index contributed by atoms with van der Waals surface area (Å²) in [6, 6.07) is 23.9. The number of nitrogens with zero attached hydrogens (tertiary/aromatic N) is 1. The number of aryl methyl sites for hydroxylation is 1. The van der Waals surface area contributed by atoms with E-state index in [0.29, 0.717) is 29.4 Å². The number of imide groups is 2. The van der Waals surface area contributed by atoms with Gasteiger partial charge in [0, 0.05) is 0 Å². The lowest BCUT2D eigenvalue weighted by molar-refractivity contribution is -0.122. The van der Waals surface area contributed by atoms with E-state index >= 15 is 0 Å². The van der Waals surface area contributed by atoms with Crippen molar-refractivity contribution in [2.75, 3.05) is 12.0 Å². The lowest BCUT2D eigenvalue weighted by Gasteiger charge is -2.26. The van der Waals surface area contributed by atoms with E-state index in [1.54, 1.807) is 36.4 Å². The topological polar surface area (TPSA) is 84.9 Å². The third-order valence-electron chi connectivity index (χ3n) is 6.15. The molecule has 1 aliphatic heterocycles. The molecule has 0 radical (unpaired) electrons. The fourth-order valence-electron chi connectivity index (χ4n) is 4.20. The quantitative estimate of drug-likeness (QED) is 0.163. The molecule has 5 rings (SSSR count). The summed E-state index contributed by atoms with van der Waals surface area (Å²) in [5.41, 5.74) is 2.77. The van der Waals surface area contributed by atoms with Crippen LogP contribution in [-0.4, -0.2) is 25.0 Å². The van der Waals surface area contributed by atoms with Crippen molar-refractivity contribution in [2.24, 2.45) is 0 Å². The molecule has 190 valence electrons. The maximum absolute atomic E-state index is 13.2. The average Bonchev–Trinajstić information content (AvgIpc) is 2.91. The molecule has 0 aromatic heterocycles. The minimum Gasteiger partial charge on any atom is -0.493 e. The van der Waals surface area contributed by atoms with Crippen LogP contribution in [0.2, 0.25) is 0 Å². The number of urea groups is 1. The van der Waals surface area contributed by atoms with Crippen LogP contribution in [0.1, 0.15) is 16.7 Å². The van der Waals surface area contributed by atoms with E-state index in [1.165, 1.54) is 13.2 Å². The van der Waals surface area contributed by atoms with Crippen molar-refractivity contribution in [3.8, 4) is 11.5 Å². The first-order valence-electron chi connectivity index (χ1n) is 11.8. The highest BCUT2D eigenvalue weighted by molar-refractivity contribution is 14.1. The van der Waals surface area contributed by atoms with Gasteiger partial charge in [0.25, 0.3) is 11.8 Å². The van der Waals surface area contributed by atoms with Gasteiger partial charge in [-0.3, -0.25) is 14.9 Å². The van der Waals surface area contributed by atoms with Gasteiger partial charge >= 0.3 is 6.03 Å². The Morgan fingerprint density at radius 3 is 2.39 bits per heavy atom. The first-order chi connectivity index (χ1) is 18.3. The van der Waals surface area contributed by atoms with Crippen LogP contribution in [0.3, 0.4) is 0 Å². The van der Waals surface area contributed by atoms with Crippen molar-refractivity contribution >= 4 is 63.0 Å². The highest BCUT2D eigenvalue weighted by Gasteiger charge is 2.36. The number of barbiturate groups is 1. The minimum absolute atomic E-state index is 0.159. The summed E-state index contributed by atoms with van der Waals surface area (Å²) >= 11 is 2.13. The molecular weight excluding hydrogens is 595 g/mol. The molecule has 0 atom stereocenters. The van der Waals surface area contributed by atoms with E-state index in [1.807, 2.05) is 25.1 Å². The number of hydrogen-bond acceptors (Lipinski definition) is 5. The lowest BCUT2D eigenvalue weighted by atomic mass is 10.1. The predicted octanol–water partition coefficient (Wildman–Crippen LogP) is 6.01. The van der Waals surface area contributed by atoms with Gasteiger partial charge in [0.2, 0.25) is 0 Å². The average molecular weight is 618 g/mol. The smallest absolute Gasteiger partial charge is 0.335 e. The van der Waals surface area contributed by atoms with Gasteiger partial charge in [-0.05, 0) is 87.8 Å². The second-order valence-corrected chi connectivity index (χ2v) is 9.96. The molecule has 1 fully saturated rings. The van der Waals surface area contributed by atoms with Crippen LogP contribution in [-0.2, 0) is 16.2 Å². The number of benzene rings is 4. The Morgan fingerprint density at radius 2 is 1.66 bits per heavy atom. The number of anilines is 1. The summed E-state index contributed by atoms with van der Waals surface area (Å²) in [4.78, 5) is 39.2. The van der Waals surface area contributed by atoms with Gasteiger partial charge in [0.15, 0.2) is 11.5 Å². The molecule has 1 aliphatic rings. The standard InChI is InChI=1S/C30H23IN2O5/c1-18-7-11-23(12-8-18)33-29(35)24(28(34)32-30(33)36)14-20-15-25(31)27(26(16-20)37-2)38-17-19-9-10-21-5-3-4-6-22(21)13-19/h3-16H,17H2,1-2H3,(H,32,34,36)/b24-14+. The molecule has 4 aromatic carbocycles. The fraction of sp³-hybridized carbons (Fsp3) is 0.100. The zero-order chi connectivity index (χ0) is 26.8. The minimum atomic E-state index is -0.786. The van der Waals surface area contributed by atoms with Gasteiger partial charge in [-0.25, -0.2) is 9.69 Å². The zero-order valence-electron chi connectivity index (χ0n) is 20.7. The van der Waals surface area contributed by atoms with Crippen molar-refractivity contribution < 1.29 is 23.9 Å². The maximum atomic E-state index is 13.2. The summed E-state index contributed by atoms with van der Waals surface area (Å²) in [6.07, 6.45) is 1.45. The first-order valence-corrected chi connectivity index (χ1v) is 12.9. The summed E-state index contributed by atoms with van der Waals surface area (Å²) < 4.78 is 12.4. The number of halogens is 1. The largest absolute Gasteiger partial charge is 0.493 e. The molecule has 0 spiro atoms. The molecule has 1 N–H and O–H groups in total. The Kier molecular flexibility index (Phi) is 7.15. The summed E-state index contributed by atoms with van der Waals surface area (Å²) in [7, 11) is 1.53. The molecule has 8 heteroatoms. The molecule has 0 aliphatic carbocycles. The van der Waals surface area contributed by atoms with Crippen LogP contribution in [0.25, 0.3) is 16.8 Å². The van der Waals surface area contributed by atoms with E-state index in [0.717, 1.165) is 30.4 Å². The molecule has 7 nitrogen and oxygen atoms in total. The third-order valence-corrected chi connectivity index (χ3v) is 6.95. The molecule has 0 unspecified atom stereocenters. The molecule has 0 saturated carbocycles. The van der Waals surface area contributed by atoms with Crippen LogP contribution < -0.4 is 19.7 Å².